The molecule has 0 radical (unpaired) electrons. The van der Waals surface area contributed by atoms with Gasteiger partial charge in [-0.2, -0.15) is 0 Å². The maximum absolute atomic E-state index is 12.2. The third-order valence-corrected chi connectivity index (χ3v) is 3.56. The minimum Gasteiger partial charge on any atom is -0.480 e. The van der Waals surface area contributed by atoms with Crippen LogP contribution in [0.1, 0.15) is 5.56 Å². The maximum Gasteiger partial charge on any atom is 0.328 e. The molecule has 0 bridgehead atoms. The van der Waals surface area contributed by atoms with Crippen LogP contribution < -0.4 is 10.6 Å². The van der Waals surface area contributed by atoms with Gasteiger partial charge in [-0.1, -0.05) is 17.7 Å². The van der Waals surface area contributed by atoms with E-state index in [9.17, 15) is 14.4 Å². The van der Waals surface area contributed by atoms with E-state index in [1.807, 2.05) is 6.92 Å². The second kappa shape index (κ2) is 6.01. The molecule has 2 rings (SSSR count). The highest BCUT2D eigenvalue weighted by molar-refractivity contribution is 6.31. The van der Waals surface area contributed by atoms with Crippen LogP contribution in [-0.4, -0.2) is 47.0 Å². The van der Waals surface area contributed by atoms with Crippen molar-refractivity contribution in [2.75, 3.05) is 18.4 Å². The van der Waals surface area contributed by atoms with Gasteiger partial charge in [0.05, 0.1) is 0 Å². The number of benzene rings is 1. The Kier molecular flexibility index (Phi) is 4.32. The fourth-order valence-electron chi connectivity index (χ4n) is 1.94. The summed E-state index contributed by atoms with van der Waals surface area (Å²) >= 11 is 5.96. The fourth-order valence-corrected chi connectivity index (χ4v) is 2.12. The molecule has 1 unspecified atom stereocenters. The minimum atomic E-state index is -1.17. The normalized spacial score (nSPS) is 18.1. The minimum absolute atomic E-state index is 0.115. The first kappa shape index (κ1) is 15.1. The van der Waals surface area contributed by atoms with E-state index in [1.165, 1.54) is 0 Å². The van der Waals surface area contributed by atoms with E-state index in [-0.39, 0.29) is 13.1 Å². The third kappa shape index (κ3) is 3.43. The summed E-state index contributed by atoms with van der Waals surface area (Å²) in [5.41, 5.74) is 1.29. The number of nitrogens with one attached hydrogen (secondary N) is 2. The monoisotopic (exact) mass is 311 g/mol. The van der Waals surface area contributed by atoms with Gasteiger partial charge in [0.1, 0.15) is 12.6 Å². The number of hydrogen-bond acceptors (Lipinski definition) is 3. The second-order valence-corrected chi connectivity index (χ2v) is 5.09. The predicted octanol–water partition coefficient (Wildman–Crippen LogP) is 1.07. The number of halogens is 1. The average Bonchev–Trinajstić information content (AvgIpc) is 2.42. The molecule has 1 fully saturated rings. The number of piperazine rings is 1. The van der Waals surface area contributed by atoms with E-state index >= 15 is 0 Å². The van der Waals surface area contributed by atoms with Gasteiger partial charge in [0, 0.05) is 17.3 Å². The Morgan fingerprint density at radius 3 is 2.81 bits per heavy atom. The van der Waals surface area contributed by atoms with Gasteiger partial charge in [-0.25, -0.2) is 9.59 Å². The highest BCUT2D eigenvalue weighted by atomic mass is 35.5. The van der Waals surface area contributed by atoms with Crippen molar-refractivity contribution in [2.24, 2.45) is 0 Å². The summed E-state index contributed by atoms with van der Waals surface area (Å²) in [5, 5.41) is 14.5. The van der Waals surface area contributed by atoms with Gasteiger partial charge in [-0.15, -0.1) is 0 Å². The van der Waals surface area contributed by atoms with Crippen molar-refractivity contribution in [1.82, 2.24) is 10.2 Å². The molecule has 1 atom stereocenters. The Bertz CT molecular complexity index is 605. The lowest BCUT2D eigenvalue weighted by atomic mass is 10.2. The van der Waals surface area contributed by atoms with Crippen molar-refractivity contribution >= 4 is 35.2 Å². The van der Waals surface area contributed by atoms with E-state index < -0.39 is 23.9 Å². The largest absolute Gasteiger partial charge is 0.480 e. The summed E-state index contributed by atoms with van der Waals surface area (Å²) < 4.78 is 0. The van der Waals surface area contributed by atoms with Crippen LogP contribution in [0, 0.1) is 6.92 Å². The molecule has 0 aromatic heterocycles. The van der Waals surface area contributed by atoms with E-state index in [2.05, 4.69) is 10.6 Å². The molecule has 1 aromatic rings. The summed E-state index contributed by atoms with van der Waals surface area (Å²) in [6.07, 6.45) is 0. The quantitative estimate of drug-likeness (QED) is 0.760. The Morgan fingerprint density at radius 1 is 1.48 bits per heavy atom. The van der Waals surface area contributed by atoms with E-state index in [0.717, 1.165) is 10.5 Å². The lowest BCUT2D eigenvalue weighted by Crippen LogP contribution is -2.60. The highest BCUT2D eigenvalue weighted by Gasteiger charge is 2.35. The number of hydrogen-bond donors (Lipinski definition) is 3. The van der Waals surface area contributed by atoms with Crippen molar-refractivity contribution in [3.05, 3.63) is 28.8 Å². The van der Waals surface area contributed by atoms with Crippen molar-refractivity contribution in [3.63, 3.8) is 0 Å². The first-order valence-corrected chi connectivity index (χ1v) is 6.59. The zero-order chi connectivity index (χ0) is 15.6. The Labute approximate surface area is 125 Å². The van der Waals surface area contributed by atoms with Crippen LogP contribution in [0.4, 0.5) is 10.5 Å². The molecule has 0 aliphatic carbocycles. The van der Waals surface area contributed by atoms with Gasteiger partial charge in [-0.3, -0.25) is 9.69 Å². The number of carboxylic acid groups (broad SMARTS) is 1. The van der Waals surface area contributed by atoms with E-state index in [0.29, 0.717) is 10.7 Å². The molecule has 7 nitrogen and oxygen atoms in total. The standard InChI is InChI=1S/C13H14ClN3O4/c1-7-2-3-8(4-9(7)14)16-13(21)17-6-11(18)15-5-10(17)12(19)20/h2-4,10H,5-6H2,1H3,(H,15,18)(H,16,21)(H,19,20). The molecule has 3 amide bonds. The van der Waals surface area contributed by atoms with Gasteiger partial charge < -0.3 is 15.7 Å². The van der Waals surface area contributed by atoms with Crippen LogP contribution in [0.3, 0.4) is 0 Å². The number of rotatable bonds is 2. The fraction of sp³-hybridized carbons (Fsp3) is 0.308. The molecule has 8 heteroatoms. The van der Waals surface area contributed by atoms with Crippen molar-refractivity contribution < 1.29 is 19.5 Å². The van der Waals surface area contributed by atoms with E-state index in [4.69, 9.17) is 16.7 Å². The van der Waals surface area contributed by atoms with Gasteiger partial charge >= 0.3 is 12.0 Å². The number of anilines is 1. The Hall–Kier alpha value is -2.28. The van der Waals surface area contributed by atoms with Crippen LogP contribution in [0.15, 0.2) is 18.2 Å². The van der Waals surface area contributed by atoms with E-state index in [1.54, 1.807) is 18.2 Å². The molecular formula is C13H14ClN3O4. The van der Waals surface area contributed by atoms with Crippen LogP contribution in [0.2, 0.25) is 5.02 Å². The summed E-state index contributed by atoms with van der Waals surface area (Å²) in [6, 6.07) is 3.20. The predicted molar refractivity (Wildman–Crippen MR) is 76.3 cm³/mol. The second-order valence-electron chi connectivity index (χ2n) is 4.68. The van der Waals surface area contributed by atoms with Crippen LogP contribution in [-0.2, 0) is 9.59 Å². The highest BCUT2D eigenvalue weighted by Crippen LogP contribution is 2.20. The lowest BCUT2D eigenvalue weighted by molar-refractivity contribution is -0.144. The number of aliphatic carboxylic acids is 1. The number of carbonyl (C=O) groups excluding carboxylic acids is 2. The Balaban J connectivity index is 2.14. The van der Waals surface area contributed by atoms with Crippen LogP contribution >= 0.6 is 11.6 Å². The SMILES string of the molecule is Cc1ccc(NC(=O)N2CC(=O)NCC2C(=O)O)cc1Cl. The molecule has 1 saturated heterocycles. The number of carboxylic acids is 1. The molecule has 0 saturated carbocycles. The molecule has 1 aliphatic rings. The maximum atomic E-state index is 12.2. The van der Waals surface area contributed by atoms with Gasteiger partial charge in [-0.05, 0) is 24.6 Å². The molecule has 112 valence electrons. The van der Waals surface area contributed by atoms with Crippen LogP contribution in [0.5, 0.6) is 0 Å². The molecule has 1 heterocycles. The van der Waals surface area contributed by atoms with Crippen molar-refractivity contribution in [2.45, 2.75) is 13.0 Å². The van der Waals surface area contributed by atoms with Gasteiger partial charge in [0.25, 0.3) is 0 Å². The van der Waals surface area contributed by atoms with Crippen molar-refractivity contribution in [1.29, 1.82) is 0 Å². The molecule has 1 aliphatic heterocycles. The summed E-state index contributed by atoms with van der Waals surface area (Å²) in [4.78, 5) is 35.6. The lowest BCUT2D eigenvalue weighted by Gasteiger charge is -2.32. The molecule has 21 heavy (non-hydrogen) atoms. The first-order valence-electron chi connectivity index (χ1n) is 6.22. The number of urea groups is 1. The Morgan fingerprint density at radius 2 is 2.19 bits per heavy atom. The molecule has 3 N–H and O–H groups in total. The average molecular weight is 312 g/mol. The van der Waals surface area contributed by atoms with Gasteiger partial charge in [0.15, 0.2) is 0 Å². The summed E-state index contributed by atoms with van der Waals surface area (Å²) in [6.45, 7) is 1.40. The first-order chi connectivity index (χ1) is 9.88. The van der Waals surface area contributed by atoms with Crippen LogP contribution in [0.25, 0.3) is 0 Å². The number of nitrogens with zero attached hydrogens (tertiary/aromatic N) is 1. The summed E-state index contributed by atoms with van der Waals surface area (Å²) in [7, 11) is 0. The molecule has 1 aromatic carbocycles. The number of carbonyl (C=O) groups is 3. The molecule has 0 spiro atoms. The zero-order valence-corrected chi connectivity index (χ0v) is 12.0. The smallest absolute Gasteiger partial charge is 0.328 e. The zero-order valence-electron chi connectivity index (χ0n) is 11.2. The topological polar surface area (TPSA) is 98.7 Å². The third-order valence-electron chi connectivity index (χ3n) is 3.15. The molecular weight excluding hydrogens is 298 g/mol. The number of aryl methyl sites for hydroxylation is 1. The number of amides is 3. The van der Waals surface area contributed by atoms with Crippen molar-refractivity contribution in [3.8, 4) is 0 Å². The summed E-state index contributed by atoms with van der Waals surface area (Å²) in [5.74, 6) is -1.57. The van der Waals surface area contributed by atoms with Gasteiger partial charge in [0.2, 0.25) is 5.91 Å².